The molecule has 3 aromatic heterocycles. The Hall–Kier alpha value is -5.96. The lowest BCUT2D eigenvalue weighted by Crippen LogP contribution is -1.95. The van der Waals surface area contributed by atoms with Gasteiger partial charge in [-0.2, -0.15) is 5.26 Å². The number of hydrogen-bond acceptors (Lipinski definition) is 5. The van der Waals surface area contributed by atoms with Crippen molar-refractivity contribution >= 4 is 32.3 Å². The first-order valence-electron chi connectivity index (χ1n) is 14.7. The van der Waals surface area contributed by atoms with Crippen molar-refractivity contribution in [2.75, 3.05) is 0 Å². The van der Waals surface area contributed by atoms with Gasteiger partial charge in [-0.3, -0.25) is 0 Å². The second kappa shape index (κ2) is 11.3. The Bertz CT molecular complexity index is 2300. The van der Waals surface area contributed by atoms with E-state index in [2.05, 4.69) is 60.7 Å². The molecule has 0 spiro atoms. The number of thiophene rings is 1. The largest absolute Gasteiger partial charge is 0.246 e. The molecule has 0 aliphatic heterocycles. The summed E-state index contributed by atoms with van der Waals surface area (Å²) in [5.74, 6) is 0.680. The van der Waals surface area contributed by atoms with Gasteiger partial charge in [0.15, 0.2) is 5.82 Å². The fourth-order valence-corrected chi connectivity index (χ4v) is 6.98. The summed E-state index contributed by atoms with van der Waals surface area (Å²) in [6.07, 6.45) is 0. The van der Waals surface area contributed by atoms with E-state index in [0.717, 1.165) is 71.5 Å². The van der Waals surface area contributed by atoms with E-state index in [0.29, 0.717) is 10.7 Å². The predicted molar refractivity (Wildman–Crippen MR) is 185 cm³/mol. The number of aromatic nitrogens is 3. The van der Waals surface area contributed by atoms with Gasteiger partial charge in [-0.25, -0.2) is 15.0 Å². The molecule has 0 radical (unpaired) electrons. The summed E-state index contributed by atoms with van der Waals surface area (Å²) in [7, 11) is 0. The third-order valence-electron chi connectivity index (χ3n) is 7.97. The fraction of sp³-hybridized carbons (Fsp3) is 0. The van der Waals surface area contributed by atoms with Gasteiger partial charge in [0.25, 0.3) is 0 Å². The highest BCUT2D eigenvalue weighted by Gasteiger charge is 2.21. The second-order valence-electron chi connectivity index (χ2n) is 10.7. The van der Waals surface area contributed by atoms with E-state index >= 15 is 0 Å². The van der Waals surface area contributed by atoms with Crippen LogP contribution < -0.4 is 0 Å². The van der Waals surface area contributed by atoms with E-state index in [1.54, 1.807) is 0 Å². The number of nitrogens with zero attached hydrogens (tertiary/aromatic N) is 4. The van der Waals surface area contributed by atoms with E-state index in [1.807, 2.05) is 91.0 Å². The molecule has 0 N–H and O–H groups in total. The topological polar surface area (TPSA) is 62.5 Å². The molecule has 210 valence electrons. The molecule has 5 heteroatoms. The third kappa shape index (κ3) is 4.84. The molecule has 0 unspecified atom stereocenters. The molecule has 0 aliphatic carbocycles. The molecule has 0 bridgehead atoms. The Kier molecular flexibility index (Phi) is 6.68. The zero-order chi connectivity index (χ0) is 30.2. The van der Waals surface area contributed by atoms with Crippen molar-refractivity contribution < 1.29 is 0 Å². The van der Waals surface area contributed by atoms with E-state index in [-0.39, 0.29) is 0 Å². The second-order valence-corrected chi connectivity index (χ2v) is 11.8. The quantitative estimate of drug-likeness (QED) is 0.199. The van der Waals surface area contributed by atoms with Gasteiger partial charge in [0.1, 0.15) is 10.9 Å². The van der Waals surface area contributed by atoms with E-state index in [1.165, 1.54) is 11.3 Å². The van der Waals surface area contributed by atoms with E-state index < -0.39 is 0 Å². The number of benzene rings is 5. The smallest absolute Gasteiger partial charge is 0.160 e. The molecule has 4 nitrogen and oxygen atoms in total. The maximum atomic E-state index is 10.3. The average Bonchev–Trinajstić information content (AvgIpc) is 3.52. The maximum Gasteiger partial charge on any atom is 0.160 e. The minimum Gasteiger partial charge on any atom is -0.246 e. The minimum absolute atomic E-state index is 0.674. The first-order valence-corrected chi connectivity index (χ1v) is 15.5. The summed E-state index contributed by atoms with van der Waals surface area (Å²) in [6, 6.07) is 51.6. The molecular formula is C40H24N4S. The molecular weight excluding hydrogens is 569 g/mol. The van der Waals surface area contributed by atoms with Crippen LogP contribution in [0.3, 0.4) is 0 Å². The monoisotopic (exact) mass is 592 g/mol. The third-order valence-corrected chi connectivity index (χ3v) is 9.08. The standard InChI is InChI=1S/C40H24N4S/c41-25-35-36(37-31-18-10-11-19-32(31)42-38(39(37)45-35)29-14-6-2-7-15-29)28-22-20-27(21-23-28)34-24-33(26-12-4-1-5-13-26)43-40(44-34)30-16-8-3-9-17-30/h1-24H. The van der Waals surface area contributed by atoms with Crippen LogP contribution in [-0.2, 0) is 0 Å². The van der Waals surface area contributed by atoms with Crippen molar-refractivity contribution in [2.24, 2.45) is 0 Å². The highest BCUT2D eigenvalue weighted by molar-refractivity contribution is 7.21. The van der Waals surface area contributed by atoms with Crippen molar-refractivity contribution in [3.05, 3.63) is 150 Å². The number of rotatable bonds is 5. The summed E-state index contributed by atoms with van der Waals surface area (Å²) in [5.41, 5.74) is 9.45. The van der Waals surface area contributed by atoms with Crippen molar-refractivity contribution in [1.29, 1.82) is 5.26 Å². The van der Waals surface area contributed by atoms with Crippen LogP contribution in [0.5, 0.6) is 0 Å². The molecule has 0 aliphatic rings. The van der Waals surface area contributed by atoms with Crippen LogP contribution in [0.1, 0.15) is 4.88 Å². The summed E-state index contributed by atoms with van der Waals surface area (Å²) in [6.45, 7) is 0. The van der Waals surface area contributed by atoms with Gasteiger partial charge in [-0.05, 0) is 17.7 Å². The first-order chi connectivity index (χ1) is 22.3. The van der Waals surface area contributed by atoms with Crippen LogP contribution in [0.2, 0.25) is 0 Å². The van der Waals surface area contributed by atoms with Crippen molar-refractivity contribution in [3.63, 3.8) is 0 Å². The van der Waals surface area contributed by atoms with E-state index in [4.69, 9.17) is 15.0 Å². The van der Waals surface area contributed by atoms with Gasteiger partial charge in [-0.15, -0.1) is 11.3 Å². The molecule has 0 saturated heterocycles. The predicted octanol–water partition coefficient (Wildman–Crippen LogP) is 10.4. The fourth-order valence-electron chi connectivity index (χ4n) is 5.83. The van der Waals surface area contributed by atoms with Crippen molar-refractivity contribution in [1.82, 2.24) is 15.0 Å². The van der Waals surface area contributed by atoms with Crippen LogP contribution >= 0.6 is 11.3 Å². The highest BCUT2D eigenvalue weighted by atomic mass is 32.1. The molecule has 8 aromatic rings. The highest BCUT2D eigenvalue weighted by Crippen LogP contribution is 2.45. The lowest BCUT2D eigenvalue weighted by molar-refractivity contribution is 1.18. The number of hydrogen-bond donors (Lipinski definition) is 0. The Labute approximate surface area is 264 Å². The van der Waals surface area contributed by atoms with Crippen LogP contribution in [0.15, 0.2) is 146 Å². The van der Waals surface area contributed by atoms with Crippen LogP contribution in [0.25, 0.3) is 77.3 Å². The van der Waals surface area contributed by atoms with Crippen molar-refractivity contribution in [3.8, 4) is 62.4 Å². The van der Waals surface area contributed by atoms with Crippen LogP contribution in [0, 0.1) is 11.3 Å². The van der Waals surface area contributed by atoms with Crippen molar-refractivity contribution in [2.45, 2.75) is 0 Å². The Morgan fingerprint density at radius 1 is 0.511 bits per heavy atom. The zero-order valence-electron chi connectivity index (χ0n) is 24.1. The number of nitriles is 1. The molecule has 0 atom stereocenters. The van der Waals surface area contributed by atoms with Crippen LogP contribution in [-0.4, -0.2) is 15.0 Å². The van der Waals surface area contributed by atoms with Gasteiger partial charge in [-0.1, -0.05) is 133 Å². The van der Waals surface area contributed by atoms with Gasteiger partial charge in [0.2, 0.25) is 0 Å². The molecule has 0 amide bonds. The average molecular weight is 593 g/mol. The summed E-state index contributed by atoms with van der Waals surface area (Å²) in [4.78, 5) is 15.7. The number of para-hydroxylation sites is 1. The molecule has 5 aromatic carbocycles. The normalized spacial score (nSPS) is 11.1. The summed E-state index contributed by atoms with van der Waals surface area (Å²) >= 11 is 1.51. The zero-order valence-corrected chi connectivity index (χ0v) is 24.9. The SMILES string of the molecule is N#Cc1sc2c(-c3ccccc3)nc3ccccc3c2c1-c1ccc(-c2cc(-c3ccccc3)nc(-c3ccccc3)n2)cc1. The van der Waals surface area contributed by atoms with Gasteiger partial charge in [0, 0.05) is 38.6 Å². The minimum atomic E-state index is 0.674. The first kappa shape index (κ1) is 26.7. The lowest BCUT2D eigenvalue weighted by atomic mass is 9.96. The number of pyridine rings is 1. The molecule has 8 rings (SSSR count). The molecule has 0 fully saturated rings. The molecule has 0 saturated carbocycles. The van der Waals surface area contributed by atoms with Gasteiger partial charge in [0.05, 0.1) is 27.3 Å². The Balaban J connectivity index is 1.30. The Morgan fingerprint density at radius 3 is 1.69 bits per heavy atom. The summed E-state index contributed by atoms with van der Waals surface area (Å²) in [5, 5.41) is 12.5. The van der Waals surface area contributed by atoms with E-state index in [9.17, 15) is 5.26 Å². The Morgan fingerprint density at radius 2 is 1.04 bits per heavy atom. The summed E-state index contributed by atoms with van der Waals surface area (Å²) < 4.78 is 1.02. The molecule has 45 heavy (non-hydrogen) atoms. The maximum absolute atomic E-state index is 10.3. The van der Waals surface area contributed by atoms with Gasteiger partial charge < -0.3 is 0 Å². The van der Waals surface area contributed by atoms with Crippen LogP contribution in [0.4, 0.5) is 0 Å². The van der Waals surface area contributed by atoms with Gasteiger partial charge >= 0.3 is 0 Å². The number of fused-ring (bicyclic) bond motifs is 3. The molecule has 3 heterocycles. The lowest BCUT2D eigenvalue weighted by Gasteiger charge is -2.11.